The monoisotopic (exact) mass is 278 g/mol. The Hall–Kier alpha value is -2.08. The van der Waals surface area contributed by atoms with Crippen molar-refractivity contribution in [3.8, 4) is 0 Å². The number of amides is 2. The first-order valence-corrected chi connectivity index (χ1v) is 6.50. The largest absolute Gasteiger partial charge is 0.461 e. The van der Waals surface area contributed by atoms with Crippen LogP contribution in [0, 0.1) is 5.92 Å². The van der Waals surface area contributed by atoms with Gasteiger partial charge >= 0.3 is 0 Å². The summed E-state index contributed by atoms with van der Waals surface area (Å²) >= 11 is 0. The van der Waals surface area contributed by atoms with E-state index in [1.807, 2.05) is 12.1 Å². The minimum atomic E-state index is -1.38. The van der Waals surface area contributed by atoms with E-state index in [0.29, 0.717) is 17.6 Å². The summed E-state index contributed by atoms with van der Waals surface area (Å²) < 4.78 is 5.60. The Kier molecular flexibility index (Phi) is 4.24. The highest BCUT2D eigenvalue weighted by Crippen LogP contribution is 2.47. The molecule has 1 heterocycles. The lowest BCUT2D eigenvalue weighted by molar-refractivity contribution is -0.126. The van der Waals surface area contributed by atoms with Crippen molar-refractivity contribution < 1.29 is 19.1 Å². The predicted octanol–water partition coefficient (Wildman–Crippen LogP) is 0.379. The minimum Gasteiger partial charge on any atom is -0.461 e. The van der Waals surface area contributed by atoms with E-state index < -0.39 is 17.9 Å². The zero-order valence-electron chi connectivity index (χ0n) is 11.2. The standard InChI is InChI=1S/C14H18N2O4/c1-8-6-10(8)12-4-2-9(20-12)3-5-13(18)16-7-11(17)14(15)19/h2-5,8,10-11,17H,6-7H2,1H3,(H2,15,19)(H,16,18)/b5-3+. The summed E-state index contributed by atoms with van der Waals surface area (Å²) in [5, 5.41) is 11.5. The Bertz CT molecular complexity index is 535. The molecule has 2 rings (SSSR count). The number of hydrogen-bond donors (Lipinski definition) is 3. The van der Waals surface area contributed by atoms with Crippen LogP contribution in [0.2, 0.25) is 0 Å². The molecule has 0 aliphatic heterocycles. The summed E-state index contributed by atoms with van der Waals surface area (Å²) in [7, 11) is 0. The fraction of sp³-hybridized carbons (Fsp3) is 0.429. The van der Waals surface area contributed by atoms with E-state index in [0.717, 1.165) is 12.2 Å². The molecule has 20 heavy (non-hydrogen) atoms. The Morgan fingerprint density at radius 1 is 1.60 bits per heavy atom. The van der Waals surface area contributed by atoms with Gasteiger partial charge in [-0.15, -0.1) is 0 Å². The second-order valence-corrected chi connectivity index (χ2v) is 5.06. The van der Waals surface area contributed by atoms with Gasteiger partial charge in [0.2, 0.25) is 11.8 Å². The van der Waals surface area contributed by atoms with Gasteiger partial charge < -0.3 is 20.6 Å². The number of furan rings is 1. The van der Waals surface area contributed by atoms with E-state index >= 15 is 0 Å². The third-order valence-electron chi connectivity index (χ3n) is 3.32. The second kappa shape index (κ2) is 5.92. The van der Waals surface area contributed by atoms with E-state index in [1.165, 1.54) is 6.08 Å². The first-order valence-electron chi connectivity index (χ1n) is 6.50. The highest BCUT2D eigenvalue weighted by molar-refractivity contribution is 5.91. The normalized spacial score (nSPS) is 22.7. The van der Waals surface area contributed by atoms with Crippen molar-refractivity contribution in [2.75, 3.05) is 6.54 Å². The van der Waals surface area contributed by atoms with Crippen LogP contribution in [0.25, 0.3) is 6.08 Å². The van der Waals surface area contributed by atoms with Crippen molar-refractivity contribution in [1.82, 2.24) is 5.32 Å². The maximum absolute atomic E-state index is 11.4. The Morgan fingerprint density at radius 3 is 2.90 bits per heavy atom. The first-order chi connectivity index (χ1) is 9.47. The van der Waals surface area contributed by atoms with E-state index in [9.17, 15) is 9.59 Å². The average molecular weight is 278 g/mol. The molecule has 1 aliphatic carbocycles. The van der Waals surface area contributed by atoms with Gasteiger partial charge in [0.15, 0.2) is 0 Å². The third-order valence-corrected chi connectivity index (χ3v) is 3.32. The number of hydrogen-bond acceptors (Lipinski definition) is 4. The van der Waals surface area contributed by atoms with Crippen molar-refractivity contribution >= 4 is 17.9 Å². The molecule has 108 valence electrons. The molecule has 4 N–H and O–H groups in total. The van der Waals surface area contributed by atoms with E-state index in [1.54, 1.807) is 6.08 Å². The topological polar surface area (TPSA) is 106 Å². The number of primary amides is 1. The minimum absolute atomic E-state index is 0.207. The lowest BCUT2D eigenvalue weighted by atomic mass is 10.3. The molecule has 1 aromatic rings. The van der Waals surface area contributed by atoms with E-state index in [2.05, 4.69) is 12.2 Å². The summed E-state index contributed by atoms with van der Waals surface area (Å²) in [4.78, 5) is 22.0. The van der Waals surface area contributed by atoms with Gasteiger partial charge in [0.05, 0.1) is 6.54 Å². The third kappa shape index (κ3) is 3.71. The van der Waals surface area contributed by atoms with E-state index in [4.69, 9.17) is 15.3 Å². The number of aliphatic hydroxyl groups is 1. The van der Waals surface area contributed by atoms with Crippen molar-refractivity contribution in [2.24, 2.45) is 11.7 Å². The fourth-order valence-electron chi connectivity index (χ4n) is 1.89. The predicted molar refractivity (Wildman–Crippen MR) is 72.5 cm³/mol. The smallest absolute Gasteiger partial charge is 0.248 e. The Labute approximate surface area is 116 Å². The molecule has 1 aromatic heterocycles. The molecule has 1 fully saturated rings. The number of nitrogens with two attached hydrogens (primary N) is 1. The molecular weight excluding hydrogens is 260 g/mol. The lowest BCUT2D eigenvalue weighted by Gasteiger charge is -2.05. The van der Waals surface area contributed by atoms with Gasteiger partial charge in [0.1, 0.15) is 17.6 Å². The van der Waals surface area contributed by atoms with Crippen LogP contribution in [-0.2, 0) is 9.59 Å². The number of aliphatic hydroxyl groups excluding tert-OH is 1. The van der Waals surface area contributed by atoms with Crippen LogP contribution >= 0.6 is 0 Å². The molecule has 1 saturated carbocycles. The molecule has 0 aromatic carbocycles. The molecule has 0 saturated heterocycles. The van der Waals surface area contributed by atoms with Crippen molar-refractivity contribution in [3.05, 3.63) is 29.7 Å². The Balaban J connectivity index is 1.81. The highest BCUT2D eigenvalue weighted by atomic mass is 16.3. The van der Waals surface area contributed by atoms with Crippen molar-refractivity contribution in [3.63, 3.8) is 0 Å². The van der Waals surface area contributed by atoms with E-state index in [-0.39, 0.29) is 6.54 Å². The molecule has 0 spiro atoms. The summed E-state index contributed by atoms with van der Waals surface area (Å²) in [6.07, 6.45) is 2.59. The Morgan fingerprint density at radius 2 is 2.30 bits per heavy atom. The zero-order valence-corrected chi connectivity index (χ0v) is 11.2. The SMILES string of the molecule is CC1CC1c1ccc(/C=C/C(=O)NCC(O)C(N)=O)o1. The summed E-state index contributed by atoms with van der Waals surface area (Å²) in [5.74, 6) is 1.41. The maximum atomic E-state index is 11.4. The first kappa shape index (κ1) is 14.3. The van der Waals surface area contributed by atoms with Crippen LogP contribution in [0.5, 0.6) is 0 Å². The van der Waals surface area contributed by atoms with Crippen LogP contribution in [0.4, 0.5) is 0 Å². The number of nitrogens with one attached hydrogen (secondary N) is 1. The molecular formula is C14H18N2O4. The highest BCUT2D eigenvalue weighted by Gasteiger charge is 2.36. The summed E-state index contributed by atoms with van der Waals surface area (Å²) in [6, 6.07) is 3.73. The van der Waals surface area contributed by atoms with Gasteiger partial charge in [-0.2, -0.15) is 0 Å². The number of rotatable bonds is 6. The van der Waals surface area contributed by atoms with Gasteiger partial charge in [-0.25, -0.2) is 0 Å². The molecule has 3 atom stereocenters. The zero-order chi connectivity index (χ0) is 14.7. The quantitative estimate of drug-likeness (QED) is 0.654. The molecule has 1 aliphatic rings. The molecule has 3 unspecified atom stereocenters. The van der Waals surface area contributed by atoms with Crippen LogP contribution in [0.15, 0.2) is 22.6 Å². The van der Waals surface area contributed by atoms with Crippen LogP contribution in [0.3, 0.4) is 0 Å². The lowest BCUT2D eigenvalue weighted by Crippen LogP contribution is -2.39. The molecule has 0 radical (unpaired) electrons. The second-order valence-electron chi connectivity index (χ2n) is 5.06. The fourth-order valence-corrected chi connectivity index (χ4v) is 1.89. The van der Waals surface area contributed by atoms with Gasteiger partial charge in [-0.3, -0.25) is 9.59 Å². The van der Waals surface area contributed by atoms with Gasteiger partial charge in [-0.1, -0.05) is 6.92 Å². The van der Waals surface area contributed by atoms with Crippen LogP contribution in [-0.4, -0.2) is 29.6 Å². The maximum Gasteiger partial charge on any atom is 0.248 e. The van der Waals surface area contributed by atoms with Gasteiger partial charge in [0, 0.05) is 12.0 Å². The van der Waals surface area contributed by atoms with Gasteiger partial charge in [-0.05, 0) is 30.5 Å². The average Bonchev–Trinajstić information content (AvgIpc) is 2.96. The van der Waals surface area contributed by atoms with Crippen molar-refractivity contribution in [1.29, 1.82) is 0 Å². The molecule has 0 bridgehead atoms. The van der Waals surface area contributed by atoms with Crippen LogP contribution in [0.1, 0.15) is 30.8 Å². The summed E-state index contributed by atoms with van der Waals surface area (Å²) in [5.41, 5.74) is 4.86. The molecule has 6 nitrogen and oxygen atoms in total. The van der Waals surface area contributed by atoms with Crippen LogP contribution < -0.4 is 11.1 Å². The molecule has 6 heteroatoms. The number of carbonyl (C=O) groups is 2. The van der Waals surface area contributed by atoms with Gasteiger partial charge in [0.25, 0.3) is 0 Å². The van der Waals surface area contributed by atoms with Crippen molar-refractivity contribution in [2.45, 2.75) is 25.4 Å². The number of carbonyl (C=O) groups excluding carboxylic acids is 2. The molecule has 2 amide bonds. The summed E-state index contributed by atoms with van der Waals surface area (Å²) in [6.45, 7) is 1.96.